The normalized spacial score (nSPS) is 10.3. The Hall–Kier alpha value is -2.63. The predicted molar refractivity (Wildman–Crippen MR) is 73.3 cm³/mol. The third-order valence-electron chi connectivity index (χ3n) is 2.79. The summed E-state index contributed by atoms with van der Waals surface area (Å²) >= 11 is 0. The van der Waals surface area contributed by atoms with E-state index in [9.17, 15) is 14.4 Å². The first-order valence-electron chi connectivity index (χ1n) is 5.99. The standard InChI is InChI=1S/C14H13NO5/c1-3-20-14(18)9-7-15-10-4-5-11(16)12(19-2)6-8(10)13(9)17/h4-7H,3H2,1-2H3,(H,15,17). The van der Waals surface area contributed by atoms with Crippen LogP contribution in [0.25, 0.3) is 10.9 Å². The summed E-state index contributed by atoms with van der Waals surface area (Å²) in [7, 11) is 1.34. The van der Waals surface area contributed by atoms with Gasteiger partial charge in [0.05, 0.1) is 19.1 Å². The highest BCUT2D eigenvalue weighted by atomic mass is 16.5. The molecule has 0 unspecified atom stereocenters. The fourth-order valence-corrected chi connectivity index (χ4v) is 1.81. The molecule has 1 aromatic carbocycles. The van der Waals surface area contributed by atoms with Crippen LogP contribution in [0.4, 0.5) is 0 Å². The largest absolute Gasteiger partial charge is 0.493 e. The smallest absolute Gasteiger partial charge is 0.343 e. The van der Waals surface area contributed by atoms with Crippen molar-refractivity contribution >= 4 is 16.9 Å². The summed E-state index contributed by atoms with van der Waals surface area (Å²) in [4.78, 5) is 38.4. The molecular weight excluding hydrogens is 262 g/mol. The number of aromatic nitrogens is 1. The van der Waals surface area contributed by atoms with E-state index in [4.69, 9.17) is 9.47 Å². The minimum Gasteiger partial charge on any atom is -0.493 e. The van der Waals surface area contributed by atoms with E-state index in [1.54, 1.807) is 6.92 Å². The Bertz CT molecular complexity index is 778. The van der Waals surface area contributed by atoms with E-state index in [1.165, 1.54) is 31.5 Å². The van der Waals surface area contributed by atoms with Crippen molar-refractivity contribution in [2.45, 2.75) is 6.92 Å². The maximum absolute atomic E-state index is 12.3. The van der Waals surface area contributed by atoms with Gasteiger partial charge in [0, 0.05) is 11.7 Å². The number of ether oxygens (including phenoxy) is 2. The Morgan fingerprint density at radius 3 is 2.70 bits per heavy atom. The van der Waals surface area contributed by atoms with Gasteiger partial charge in [0.25, 0.3) is 0 Å². The van der Waals surface area contributed by atoms with Gasteiger partial charge in [-0.3, -0.25) is 9.59 Å². The second-order valence-corrected chi connectivity index (χ2v) is 3.99. The molecule has 0 spiro atoms. The van der Waals surface area contributed by atoms with Crippen molar-refractivity contribution in [3.05, 3.63) is 50.4 Å². The Morgan fingerprint density at radius 1 is 1.30 bits per heavy atom. The van der Waals surface area contributed by atoms with Crippen LogP contribution in [-0.4, -0.2) is 24.7 Å². The van der Waals surface area contributed by atoms with Gasteiger partial charge in [-0.2, -0.15) is 0 Å². The Labute approximate surface area is 114 Å². The molecule has 0 saturated carbocycles. The number of pyridine rings is 1. The molecule has 0 aliphatic rings. The highest BCUT2D eigenvalue weighted by Crippen LogP contribution is 2.11. The molecule has 1 heterocycles. The lowest BCUT2D eigenvalue weighted by Crippen LogP contribution is -2.17. The van der Waals surface area contributed by atoms with Gasteiger partial charge < -0.3 is 14.5 Å². The van der Waals surface area contributed by atoms with Gasteiger partial charge in [-0.05, 0) is 25.1 Å². The van der Waals surface area contributed by atoms with Crippen LogP contribution >= 0.6 is 0 Å². The fourth-order valence-electron chi connectivity index (χ4n) is 1.81. The van der Waals surface area contributed by atoms with E-state index in [1.807, 2.05) is 0 Å². The first-order valence-corrected chi connectivity index (χ1v) is 5.99. The van der Waals surface area contributed by atoms with E-state index in [2.05, 4.69) is 4.98 Å². The van der Waals surface area contributed by atoms with Crippen LogP contribution in [0.5, 0.6) is 5.75 Å². The quantitative estimate of drug-likeness (QED) is 0.847. The number of carbonyl (C=O) groups is 1. The summed E-state index contributed by atoms with van der Waals surface area (Å²) in [5, 5.41) is 0.189. The number of aromatic amines is 1. The summed E-state index contributed by atoms with van der Waals surface area (Å²) < 4.78 is 9.74. The van der Waals surface area contributed by atoms with Gasteiger partial charge >= 0.3 is 5.97 Å². The van der Waals surface area contributed by atoms with Crippen molar-refractivity contribution < 1.29 is 14.3 Å². The van der Waals surface area contributed by atoms with Crippen LogP contribution in [0.1, 0.15) is 17.3 Å². The maximum Gasteiger partial charge on any atom is 0.343 e. The highest BCUT2D eigenvalue weighted by Gasteiger charge is 2.14. The second kappa shape index (κ2) is 5.56. The lowest BCUT2D eigenvalue weighted by molar-refractivity contribution is 0.0524. The second-order valence-electron chi connectivity index (χ2n) is 3.99. The van der Waals surface area contributed by atoms with Crippen molar-refractivity contribution in [2.75, 3.05) is 13.7 Å². The molecule has 2 aromatic rings. The Kier molecular flexibility index (Phi) is 3.84. The third-order valence-corrected chi connectivity index (χ3v) is 2.79. The fraction of sp³-hybridized carbons (Fsp3) is 0.214. The average molecular weight is 275 g/mol. The monoisotopic (exact) mass is 275 g/mol. The number of hydrogen-bond acceptors (Lipinski definition) is 5. The minimum absolute atomic E-state index is 0.0338. The van der Waals surface area contributed by atoms with Crippen LogP contribution < -0.4 is 15.6 Å². The molecule has 0 amide bonds. The van der Waals surface area contributed by atoms with Crippen molar-refractivity contribution in [1.82, 2.24) is 4.98 Å². The highest BCUT2D eigenvalue weighted by molar-refractivity contribution is 5.93. The summed E-state index contributed by atoms with van der Waals surface area (Å²) in [6.45, 7) is 1.83. The number of fused-ring (bicyclic) bond motifs is 1. The summed E-state index contributed by atoms with van der Waals surface area (Å²) in [6.07, 6.45) is 1.28. The Morgan fingerprint density at radius 2 is 2.05 bits per heavy atom. The van der Waals surface area contributed by atoms with Crippen LogP contribution in [0.3, 0.4) is 0 Å². The molecule has 0 radical (unpaired) electrons. The molecule has 0 aliphatic carbocycles. The first-order chi connectivity index (χ1) is 9.58. The lowest BCUT2D eigenvalue weighted by Gasteiger charge is -2.02. The van der Waals surface area contributed by atoms with Crippen LogP contribution in [0.2, 0.25) is 0 Å². The molecule has 2 rings (SSSR count). The SMILES string of the molecule is CCOC(=O)c1c[nH]c2ccc(=O)c(OC)cc2c1=O. The predicted octanol–water partition coefficient (Wildman–Crippen LogP) is 1.07. The molecule has 0 atom stereocenters. The first kappa shape index (κ1) is 13.8. The van der Waals surface area contributed by atoms with Crippen molar-refractivity contribution in [2.24, 2.45) is 0 Å². The van der Waals surface area contributed by atoms with Crippen molar-refractivity contribution in [1.29, 1.82) is 0 Å². The van der Waals surface area contributed by atoms with Gasteiger partial charge in [-0.15, -0.1) is 0 Å². The number of hydrogen-bond donors (Lipinski definition) is 1. The molecule has 0 fully saturated rings. The van der Waals surface area contributed by atoms with E-state index in [-0.39, 0.29) is 28.7 Å². The topological polar surface area (TPSA) is 85.5 Å². The Balaban J connectivity index is 2.78. The zero-order chi connectivity index (χ0) is 14.7. The van der Waals surface area contributed by atoms with Crippen LogP contribution in [-0.2, 0) is 4.74 Å². The maximum atomic E-state index is 12.3. The third kappa shape index (κ3) is 2.40. The lowest BCUT2D eigenvalue weighted by atomic mass is 10.2. The molecule has 6 heteroatoms. The van der Waals surface area contributed by atoms with Crippen molar-refractivity contribution in [3.63, 3.8) is 0 Å². The minimum atomic E-state index is -0.705. The van der Waals surface area contributed by atoms with Gasteiger partial charge in [0.2, 0.25) is 10.9 Å². The zero-order valence-corrected chi connectivity index (χ0v) is 11.1. The molecule has 104 valence electrons. The number of carbonyl (C=O) groups excluding carboxylic acids is 1. The molecular formula is C14H13NO5. The van der Waals surface area contributed by atoms with E-state index >= 15 is 0 Å². The molecule has 1 aromatic heterocycles. The number of methoxy groups -OCH3 is 1. The molecule has 0 saturated heterocycles. The number of esters is 1. The van der Waals surface area contributed by atoms with Gasteiger partial charge in [0.15, 0.2) is 5.75 Å². The summed E-state index contributed by atoms with van der Waals surface area (Å²) in [5.74, 6) is -0.671. The summed E-state index contributed by atoms with van der Waals surface area (Å²) in [5.41, 5.74) is -0.538. The zero-order valence-electron chi connectivity index (χ0n) is 11.1. The average Bonchev–Trinajstić information content (AvgIpc) is 2.59. The van der Waals surface area contributed by atoms with E-state index in [0.29, 0.717) is 5.52 Å². The van der Waals surface area contributed by atoms with Gasteiger partial charge in [0.1, 0.15) is 5.56 Å². The molecule has 6 nitrogen and oxygen atoms in total. The number of nitrogens with one attached hydrogen (secondary N) is 1. The molecule has 0 aliphatic heterocycles. The van der Waals surface area contributed by atoms with Crippen LogP contribution in [0, 0.1) is 0 Å². The van der Waals surface area contributed by atoms with E-state index < -0.39 is 11.4 Å². The number of rotatable bonds is 3. The summed E-state index contributed by atoms with van der Waals surface area (Å²) in [6, 6.07) is 4.08. The molecule has 0 bridgehead atoms. The van der Waals surface area contributed by atoms with E-state index in [0.717, 1.165) is 0 Å². The van der Waals surface area contributed by atoms with Crippen LogP contribution in [0.15, 0.2) is 34.0 Å². The molecule has 20 heavy (non-hydrogen) atoms. The number of H-pyrrole nitrogens is 1. The molecule has 1 N–H and O–H groups in total. The van der Waals surface area contributed by atoms with Gasteiger partial charge in [-0.25, -0.2) is 4.79 Å². The van der Waals surface area contributed by atoms with Gasteiger partial charge in [-0.1, -0.05) is 0 Å². The van der Waals surface area contributed by atoms with Crippen molar-refractivity contribution in [3.8, 4) is 5.75 Å².